The van der Waals surface area contributed by atoms with Crippen LogP contribution < -0.4 is 0 Å². The maximum Gasteiger partial charge on any atom is 0.303 e. The number of rotatable bonds is 15. The van der Waals surface area contributed by atoms with Gasteiger partial charge in [-0.25, -0.2) is 0 Å². The molecule has 1 unspecified atom stereocenters. The number of hydrogen-bond acceptors (Lipinski definition) is 2. The number of carboxylic acid groups (broad SMARTS) is 1. The van der Waals surface area contributed by atoms with Gasteiger partial charge in [0.1, 0.15) is 0 Å². The van der Waals surface area contributed by atoms with Crippen molar-refractivity contribution in [1.82, 2.24) is 0 Å². The Bertz CT molecular complexity index is 383. The Balaban J connectivity index is 1.38. The van der Waals surface area contributed by atoms with Crippen LogP contribution in [0.5, 0.6) is 0 Å². The van der Waals surface area contributed by atoms with E-state index < -0.39 is 5.97 Å². The van der Waals surface area contributed by atoms with Gasteiger partial charge < -0.3 is 10.2 Å². The second kappa shape index (κ2) is 9.22. The largest absolute Gasteiger partial charge is 0.481 e. The highest BCUT2D eigenvalue weighted by Crippen LogP contribution is 2.53. The summed E-state index contributed by atoms with van der Waals surface area (Å²) in [6.45, 7) is 2.32. The summed E-state index contributed by atoms with van der Waals surface area (Å²) in [7, 11) is 0. The van der Waals surface area contributed by atoms with Crippen molar-refractivity contribution < 1.29 is 15.0 Å². The van der Waals surface area contributed by atoms with Crippen molar-refractivity contribution in [2.75, 3.05) is 0 Å². The Morgan fingerprint density at radius 2 is 1.38 bits per heavy atom. The Kier molecular flexibility index (Phi) is 7.59. The molecule has 0 spiro atoms. The third-order valence-electron chi connectivity index (χ3n) is 6.68. The molecule has 0 heterocycles. The molecular weight excluding hydrogens is 300 g/mol. The zero-order valence-electron chi connectivity index (χ0n) is 15.7. The highest BCUT2D eigenvalue weighted by molar-refractivity contribution is 5.68. The second-order valence-electron chi connectivity index (χ2n) is 8.78. The minimum Gasteiger partial charge on any atom is -0.481 e. The number of carboxylic acids is 1. The van der Waals surface area contributed by atoms with Crippen LogP contribution in [0.2, 0.25) is 0 Å². The number of aliphatic hydroxyl groups is 1. The molecule has 24 heavy (non-hydrogen) atoms. The maximum absolute atomic E-state index is 10.8. The van der Waals surface area contributed by atoms with Crippen LogP contribution in [-0.2, 0) is 4.79 Å². The molecule has 2 aliphatic carbocycles. The van der Waals surface area contributed by atoms with E-state index >= 15 is 0 Å². The average molecular weight is 339 g/mol. The molecule has 2 N–H and O–H groups in total. The Morgan fingerprint density at radius 1 is 0.875 bits per heavy atom. The molecule has 2 saturated carbocycles. The van der Waals surface area contributed by atoms with Gasteiger partial charge in [-0.15, -0.1) is 0 Å². The molecule has 0 aromatic heterocycles. The molecule has 0 aliphatic heterocycles. The van der Waals surface area contributed by atoms with Gasteiger partial charge in [0, 0.05) is 0 Å². The number of carbonyl (C=O) groups is 1. The molecule has 2 aliphatic rings. The lowest BCUT2D eigenvalue weighted by molar-refractivity contribution is -0.138. The SMILES string of the molecule is CCC1(CCCCCC(O)CCCCCC2(CC(=O)O)CC2)CC1. The number of unbranched alkanes of at least 4 members (excludes halogenated alkanes) is 4. The lowest BCUT2D eigenvalue weighted by Gasteiger charge is -2.14. The normalized spacial score (nSPS) is 21.4. The lowest BCUT2D eigenvalue weighted by atomic mass is 9.93. The van der Waals surface area contributed by atoms with Crippen molar-refractivity contribution >= 4 is 5.97 Å². The third-order valence-corrected chi connectivity index (χ3v) is 6.68. The molecule has 0 saturated heterocycles. The second-order valence-corrected chi connectivity index (χ2v) is 8.78. The fourth-order valence-corrected chi connectivity index (χ4v) is 4.23. The first-order valence-corrected chi connectivity index (χ1v) is 10.4. The minimum atomic E-state index is -0.644. The van der Waals surface area contributed by atoms with E-state index in [-0.39, 0.29) is 11.5 Å². The molecule has 140 valence electrons. The van der Waals surface area contributed by atoms with Crippen molar-refractivity contribution in [1.29, 1.82) is 0 Å². The zero-order valence-corrected chi connectivity index (χ0v) is 15.7. The van der Waals surface area contributed by atoms with Crippen molar-refractivity contribution in [2.45, 2.75) is 116 Å². The standard InChI is InChI=1S/C21H38O3/c1-2-20(13-14-20)11-7-3-5-9-18(22)10-6-4-8-12-21(15-16-21)17-19(23)24/h18,22H,2-17H2,1H3,(H,23,24). The molecule has 2 fully saturated rings. The molecule has 0 amide bonds. The molecule has 0 bridgehead atoms. The molecule has 1 atom stereocenters. The van der Waals surface area contributed by atoms with Gasteiger partial charge in [0.25, 0.3) is 0 Å². The van der Waals surface area contributed by atoms with Gasteiger partial charge in [-0.2, -0.15) is 0 Å². The monoisotopic (exact) mass is 338 g/mol. The topological polar surface area (TPSA) is 57.5 Å². The van der Waals surface area contributed by atoms with Crippen LogP contribution in [-0.4, -0.2) is 22.3 Å². The van der Waals surface area contributed by atoms with E-state index in [1.807, 2.05) is 0 Å². The molecule has 0 aromatic rings. The van der Waals surface area contributed by atoms with Gasteiger partial charge in [-0.1, -0.05) is 51.9 Å². The summed E-state index contributed by atoms with van der Waals surface area (Å²) < 4.78 is 0. The number of hydrogen-bond donors (Lipinski definition) is 2. The molecule has 3 heteroatoms. The maximum atomic E-state index is 10.8. The zero-order chi connectivity index (χ0) is 17.5. The summed E-state index contributed by atoms with van der Waals surface area (Å²) in [6, 6.07) is 0. The van der Waals surface area contributed by atoms with Crippen molar-refractivity contribution in [3.63, 3.8) is 0 Å². The van der Waals surface area contributed by atoms with Gasteiger partial charge in [-0.05, 0) is 62.2 Å². The predicted octanol–water partition coefficient (Wildman–Crippen LogP) is 5.69. The van der Waals surface area contributed by atoms with Crippen LogP contribution in [0.15, 0.2) is 0 Å². The smallest absolute Gasteiger partial charge is 0.303 e. The first-order chi connectivity index (χ1) is 11.5. The Labute approximate surface area is 148 Å². The molecule has 0 radical (unpaired) electrons. The third kappa shape index (κ3) is 7.13. The summed E-state index contributed by atoms with van der Waals surface area (Å²) in [5.41, 5.74) is 0.861. The van der Waals surface area contributed by atoms with E-state index in [2.05, 4.69) is 6.92 Å². The minimum absolute atomic E-state index is 0.125. The molecular formula is C21H38O3. The summed E-state index contributed by atoms with van der Waals surface area (Å²) in [5, 5.41) is 19.0. The number of aliphatic hydroxyl groups excluding tert-OH is 1. The van der Waals surface area contributed by atoms with E-state index in [0.29, 0.717) is 6.42 Å². The van der Waals surface area contributed by atoms with Crippen molar-refractivity contribution in [3.8, 4) is 0 Å². The van der Waals surface area contributed by atoms with Gasteiger partial charge in [0.05, 0.1) is 12.5 Å². The fraction of sp³-hybridized carbons (Fsp3) is 0.952. The van der Waals surface area contributed by atoms with Crippen LogP contribution in [0, 0.1) is 10.8 Å². The van der Waals surface area contributed by atoms with Crippen LogP contribution in [0.1, 0.15) is 110 Å². The van der Waals surface area contributed by atoms with Crippen LogP contribution in [0.25, 0.3) is 0 Å². The van der Waals surface area contributed by atoms with Crippen LogP contribution in [0.4, 0.5) is 0 Å². The summed E-state index contributed by atoms with van der Waals surface area (Å²) in [5.74, 6) is -0.644. The molecule has 2 rings (SSSR count). The Hall–Kier alpha value is -0.570. The fourth-order valence-electron chi connectivity index (χ4n) is 4.23. The van der Waals surface area contributed by atoms with Gasteiger partial charge in [-0.3, -0.25) is 4.79 Å². The summed E-state index contributed by atoms with van der Waals surface area (Å²) in [6.07, 6.45) is 18.1. The quantitative estimate of drug-likeness (QED) is 0.377. The highest BCUT2D eigenvalue weighted by Gasteiger charge is 2.43. The van der Waals surface area contributed by atoms with Gasteiger partial charge in [0.2, 0.25) is 0 Å². The van der Waals surface area contributed by atoms with Gasteiger partial charge in [0.15, 0.2) is 0 Å². The van der Waals surface area contributed by atoms with Gasteiger partial charge >= 0.3 is 5.97 Å². The highest BCUT2D eigenvalue weighted by atomic mass is 16.4. The van der Waals surface area contributed by atoms with E-state index in [0.717, 1.165) is 56.8 Å². The molecule has 3 nitrogen and oxygen atoms in total. The van der Waals surface area contributed by atoms with Crippen LogP contribution in [0.3, 0.4) is 0 Å². The average Bonchev–Trinajstić information content (AvgIpc) is 3.44. The first kappa shape index (κ1) is 19.8. The van der Waals surface area contributed by atoms with Crippen molar-refractivity contribution in [3.05, 3.63) is 0 Å². The molecule has 0 aromatic carbocycles. The van der Waals surface area contributed by atoms with E-state index in [1.54, 1.807) is 0 Å². The predicted molar refractivity (Wildman–Crippen MR) is 98.1 cm³/mol. The summed E-state index contributed by atoms with van der Waals surface area (Å²) in [4.78, 5) is 10.8. The Morgan fingerprint density at radius 3 is 1.79 bits per heavy atom. The lowest BCUT2D eigenvalue weighted by Crippen LogP contribution is -2.09. The summed E-state index contributed by atoms with van der Waals surface area (Å²) >= 11 is 0. The van der Waals surface area contributed by atoms with E-state index in [1.165, 1.54) is 44.9 Å². The van der Waals surface area contributed by atoms with Crippen LogP contribution >= 0.6 is 0 Å². The van der Waals surface area contributed by atoms with E-state index in [9.17, 15) is 9.90 Å². The van der Waals surface area contributed by atoms with E-state index in [4.69, 9.17) is 5.11 Å². The first-order valence-electron chi connectivity index (χ1n) is 10.4. The van der Waals surface area contributed by atoms with Crippen molar-refractivity contribution in [2.24, 2.45) is 10.8 Å². The number of aliphatic carboxylic acids is 1.